The fourth-order valence-electron chi connectivity index (χ4n) is 3.69. The first-order valence-corrected chi connectivity index (χ1v) is 10.1. The van der Waals surface area contributed by atoms with Crippen LogP contribution >= 0.6 is 0 Å². The van der Waals surface area contributed by atoms with Crippen LogP contribution in [-0.4, -0.2) is 69.4 Å². The molecule has 1 aliphatic heterocycles. The van der Waals surface area contributed by atoms with E-state index in [4.69, 9.17) is 14.2 Å². The highest BCUT2D eigenvalue weighted by molar-refractivity contribution is 5.95. The lowest BCUT2D eigenvalue weighted by molar-refractivity contribution is -0.192. The lowest BCUT2D eigenvalue weighted by Gasteiger charge is -2.41. The fraction of sp³-hybridized carbons (Fsp3) is 0.619. The van der Waals surface area contributed by atoms with Crippen molar-refractivity contribution in [3.8, 4) is 11.5 Å². The molecule has 0 spiro atoms. The molecule has 0 aromatic heterocycles. The number of amides is 1. The second kappa shape index (κ2) is 11.7. The minimum absolute atomic E-state index is 0.217. The molecule has 0 bridgehead atoms. The molecule has 2 unspecified atom stereocenters. The number of ether oxygens (including phenoxy) is 3. The summed E-state index contributed by atoms with van der Waals surface area (Å²) in [5.41, 5.74) is 0.393. The SMILES string of the molecule is COCCCOc1cc(C(=O)N(C(C)C)C2CNCCC2C(=O)OF)ccc1OC. The van der Waals surface area contributed by atoms with E-state index in [-0.39, 0.29) is 11.9 Å². The van der Waals surface area contributed by atoms with Crippen LogP contribution < -0.4 is 14.8 Å². The Morgan fingerprint density at radius 3 is 2.63 bits per heavy atom. The highest BCUT2D eigenvalue weighted by atomic mass is 19.3. The largest absolute Gasteiger partial charge is 0.493 e. The van der Waals surface area contributed by atoms with Crippen LogP contribution in [0.3, 0.4) is 0 Å². The summed E-state index contributed by atoms with van der Waals surface area (Å²) in [7, 11) is 3.15. The van der Waals surface area contributed by atoms with Gasteiger partial charge in [-0.3, -0.25) is 9.74 Å². The molecule has 1 aliphatic rings. The second-order valence-electron chi connectivity index (χ2n) is 7.43. The average molecular weight is 426 g/mol. The van der Waals surface area contributed by atoms with Crippen LogP contribution in [0, 0.1) is 5.92 Å². The Balaban J connectivity index is 2.28. The zero-order valence-electron chi connectivity index (χ0n) is 18.0. The van der Waals surface area contributed by atoms with E-state index in [9.17, 15) is 14.1 Å². The predicted molar refractivity (Wildman–Crippen MR) is 108 cm³/mol. The van der Waals surface area contributed by atoms with Gasteiger partial charge in [-0.25, -0.2) is 4.79 Å². The van der Waals surface area contributed by atoms with Crippen molar-refractivity contribution in [1.82, 2.24) is 10.2 Å². The lowest BCUT2D eigenvalue weighted by atomic mass is 9.90. The van der Waals surface area contributed by atoms with Gasteiger partial charge in [0.1, 0.15) is 0 Å². The van der Waals surface area contributed by atoms with E-state index in [1.807, 2.05) is 13.8 Å². The zero-order valence-corrected chi connectivity index (χ0v) is 18.0. The average Bonchev–Trinajstić information content (AvgIpc) is 2.76. The van der Waals surface area contributed by atoms with Crippen molar-refractivity contribution in [2.45, 2.75) is 38.8 Å². The number of nitrogens with one attached hydrogen (secondary N) is 1. The van der Waals surface area contributed by atoms with Crippen molar-refractivity contribution in [2.75, 3.05) is 40.5 Å². The van der Waals surface area contributed by atoms with E-state index in [0.29, 0.717) is 56.2 Å². The number of carbonyl (C=O) groups is 2. The molecule has 1 fully saturated rings. The first kappa shape index (κ1) is 23.9. The van der Waals surface area contributed by atoms with Gasteiger partial charge in [0.2, 0.25) is 0 Å². The van der Waals surface area contributed by atoms with Gasteiger partial charge >= 0.3 is 5.97 Å². The number of carbonyl (C=O) groups excluding carboxylic acids is 2. The molecule has 1 aromatic rings. The van der Waals surface area contributed by atoms with Crippen molar-refractivity contribution in [1.29, 1.82) is 0 Å². The van der Waals surface area contributed by atoms with Crippen LogP contribution in [0.1, 0.15) is 37.0 Å². The normalized spacial score (nSPS) is 18.7. The second-order valence-corrected chi connectivity index (χ2v) is 7.43. The number of rotatable bonds is 10. The Hall–Kier alpha value is -2.39. The molecule has 1 aromatic carbocycles. The van der Waals surface area contributed by atoms with E-state index in [1.165, 1.54) is 7.11 Å². The van der Waals surface area contributed by atoms with E-state index in [1.54, 1.807) is 30.2 Å². The Labute approximate surface area is 176 Å². The van der Waals surface area contributed by atoms with Crippen LogP contribution in [-0.2, 0) is 14.5 Å². The number of hydrogen-bond acceptors (Lipinski definition) is 7. The molecule has 1 saturated heterocycles. The summed E-state index contributed by atoms with van der Waals surface area (Å²) in [6.07, 6.45) is 1.08. The molecule has 9 heteroatoms. The van der Waals surface area contributed by atoms with Crippen LogP contribution in [0.2, 0.25) is 0 Å². The van der Waals surface area contributed by atoms with Gasteiger partial charge in [0.05, 0.1) is 25.7 Å². The van der Waals surface area contributed by atoms with Gasteiger partial charge in [0, 0.05) is 42.8 Å². The third-order valence-electron chi connectivity index (χ3n) is 5.14. The quantitative estimate of drug-likeness (QED) is 0.575. The molecule has 168 valence electrons. The third kappa shape index (κ3) is 5.82. The Morgan fingerprint density at radius 2 is 2.00 bits per heavy atom. The van der Waals surface area contributed by atoms with Crippen LogP contribution in [0.5, 0.6) is 11.5 Å². The molecule has 1 N–H and O–H groups in total. The third-order valence-corrected chi connectivity index (χ3v) is 5.14. The van der Waals surface area contributed by atoms with Crippen molar-refractivity contribution in [3.63, 3.8) is 0 Å². The first-order chi connectivity index (χ1) is 14.4. The van der Waals surface area contributed by atoms with E-state index >= 15 is 0 Å². The zero-order chi connectivity index (χ0) is 22.1. The van der Waals surface area contributed by atoms with Crippen molar-refractivity contribution >= 4 is 11.9 Å². The summed E-state index contributed by atoms with van der Waals surface area (Å²) >= 11 is 0. The predicted octanol–water partition coefficient (Wildman–Crippen LogP) is 2.37. The van der Waals surface area contributed by atoms with Gasteiger partial charge in [-0.05, 0) is 45.0 Å². The Morgan fingerprint density at radius 1 is 1.23 bits per heavy atom. The lowest BCUT2D eigenvalue weighted by Crippen LogP contribution is -2.57. The Kier molecular flexibility index (Phi) is 9.32. The molecule has 1 amide bonds. The standard InChI is InChI=1S/C21H31FN2O6/c1-14(2)24(17-13-23-9-8-16(17)21(26)30-22)20(25)15-6-7-18(28-4)19(12-15)29-11-5-10-27-3/h6-7,12,14,16-17,23H,5,8-11,13H2,1-4H3. The number of halogens is 1. The highest BCUT2D eigenvalue weighted by Crippen LogP contribution is 2.30. The molecule has 8 nitrogen and oxygen atoms in total. The number of nitrogens with zero attached hydrogens (tertiary/aromatic N) is 1. The van der Waals surface area contributed by atoms with Crippen molar-refractivity contribution in [2.24, 2.45) is 5.92 Å². The smallest absolute Gasteiger partial charge is 0.354 e. The minimum atomic E-state index is -0.947. The summed E-state index contributed by atoms with van der Waals surface area (Å²) in [5.74, 6) is -0.995. The Bertz CT molecular complexity index is 715. The summed E-state index contributed by atoms with van der Waals surface area (Å²) < 4.78 is 28.8. The highest BCUT2D eigenvalue weighted by Gasteiger charge is 2.40. The summed E-state index contributed by atoms with van der Waals surface area (Å²) in [5, 5.41) is 3.17. The molecular weight excluding hydrogens is 395 g/mol. The fourth-order valence-corrected chi connectivity index (χ4v) is 3.69. The molecule has 0 saturated carbocycles. The van der Waals surface area contributed by atoms with E-state index in [2.05, 4.69) is 10.3 Å². The number of piperidine rings is 1. The maximum absolute atomic E-state index is 13.4. The van der Waals surface area contributed by atoms with Crippen LogP contribution in [0.25, 0.3) is 0 Å². The molecule has 30 heavy (non-hydrogen) atoms. The monoisotopic (exact) mass is 426 g/mol. The molecule has 2 atom stereocenters. The molecule has 0 radical (unpaired) electrons. The minimum Gasteiger partial charge on any atom is -0.493 e. The van der Waals surface area contributed by atoms with Gasteiger partial charge < -0.3 is 24.4 Å². The molecule has 0 aliphatic carbocycles. The maximum Gasteiger partial charge on any atom is 0.354 e. The summed E-state index contributed by atoms with van der Waals surface area (Å²) in [6, 6.07) is 4.21. The van der Waals surface area contributed by atoms with Crippen LogP contribution in [0.4, 0.5) is 4.53 Å². The van der Waals surface area contributed by atoms with Crippen LogP contribution in [0.15, 0.2) is 18.2 Å². The van der Waals surface area contributed by atoms with Gasteiger partial charge in [-0.15, -0.1) is 0 Å². The molecule has 2 rings (SSSR count). The number of methoxy groups -OCH3 is 2. The molecule has 1 heterocycles. The number of hydrogen-bond donors (Lipinski definition) is 1. The van der Waals surface area contributed by atoms with E-state index < -0.39 is 17.9 Å². The summed E-state index contributed by atoms with van der Waals surface area (Å²) in [6.45, 7) is 5.61. The number of benzene rings is 1. The van der Waals surface area contributed by atoms with Gasteiger partial charge in [-0.1, -0.05) is 0 Å². The topological polar surface area (TPSA) is 86.3 Å². The van der Waals surface area contributed by atoms with Crippen molar-refractivity contribution < 1.29 is 33.3 Å². The van der Waals surface area contributed by atoms with Gasteiger partial charge in [0.25, 0.3) is 5.91 Å². The summed E-state index contributed by atoms with van der Waals surface area (Å²) in [4.78, 5) is 30.5. The van der Waals surface area contributed by atoms with Gasteiger partial charge in [-0.2, -0.15) is 0 Å². The van der Waals surface area contributed by atoms with Gasteiger partial charge in [0.15, 0.2) is 11.5 Å². The van der Waals surface area contributed by atoms with Crippen molar-refractivity contribution in [3.05, 3.63) is 23.8 Å². The maximum atomic E-state index is 13.4. The molecular formula is C21H31FN2O6. The first-order valence-electron chi connectivity index (χ1n) is 10.1. The van der Waals surface area contributed by atoms with E-state index in [0.717, 1.165) is 0 Å².